The van der Waals surface area contributed by atoms with Crippen LogP contribution in [0.1, 0.15) is 27.7 Å². The third kappa shape index (κ3) is 2.36. The summed E-state index contributed by atoms with van der Waals surface area (Å²) in [6, 6.07) is 4.46. The zero-order chi connectivity index (χ0) is 12.6. The molecule has 0 radical (unpaired) electrons. The average molecular weight is 249 g/mol. The van der Waals surface area contributed by atoms with Crippen molar-refractivity contribution < 1.29 is 0 Å². The Hall–Kier alpha value is -1.29. The predicted octanol–water partition coefficient (Wildman–Crippen LogP) is 3.73. The molecular formula is C13H19N3S. The lowest BCUT2D eigenvalue weighted by Crippen LogP contribution is -2.31. The number of fused-ring (bicyclic) bond motifs is 1. The molecule has 0 aliphatic heterocycles. The fourth-order valence-corrected chi connectivity index (χ4v) is 2.22. The minimum atomic E-state index is 0.198. The summed E-state index contributed by atoms with van der Waals surface area (Å²) in [5.74, 6) is 0. The van der Waals surface area contributed by atoms with Gasteiger partial charge in [-0.15, -0.1) is 11.3 Å². The number of thiazole rings is 1. The maximum atomic E-state index is 6.14. The highest BCUT2D eigenvalue weighted by Crippen LogP contribution is 2.32. The molecule has 3 nitrogen and oxygen atoms in total. The van der Waals surface area contributed by atoms with E-state index >= 15 is 0 Å². The van der Waals surface area contributed by atoms with Crippen LogP contribution in [0.2, 0.25) is 0 Å². The summed E-state index contributed by atoms with van der Waals surface area (Å²) in [6.07, 6.45) is 0. The van der Waals surface area contributed by atoms with Crippen molar-refractivity contribution in [1.82, 2.24) is 4.98 Å². The Bertz CT molecular complexity index is 525. The van der Waals surface area contributed by atoms with Crippen molar-refractivity contribution in [3.05, 3.63) is 17.6 Å². The molecule has 0 aliphatic carbocycles. The topological polar surface area (TPSA) is 50.9 Å². The van der Waals surface area contributed by atoms with Crippen LogP contribution in [0.25, 0.3) is 10.2 Å². The van der Waals surface area contributed by atoms with Crippen molar-refractivity contribution >= 4 is 32.9 Å². The summed E-state index contributed by atoms with van der Waals surface area (Å²) in [4.78, 5) is 4.30. The minimum absolute atomic E-state index is 0.198. The zero-order valence-corrected chi connectivity index (χ0v) is 11.6. The van der Waals surface area contributed by atoms with Gasteiger partial charge in [0.2, 0.25) is 0 Å². The molecule has 0 fully saturated rings. The van der Waals surface area contributed by atoms with Crippen LogP contribution < -0.4 is 11.1 Å². The molecule has 1 atom stereocenters. The van der Waals surface area contributed by atoms with E-state index in [1.54, 1.807) is 11.3 Å². The monoisotopic (exact) mass is 249 g/mol. The fraction of sp³-hybridized carbons (Fsp3) is 0.462. The van der Waals surface area contributed by atoms with Crippen LogP contribution >= 0.6 is 11.3 Å². The number of nitrogens with two attached hydrogens (primary N) is 1. The predicted molar refractivity (Wildman–Crippen MR) is 76.6 cm³/mol. The fourth-order valence-electron chi connectivity index (χ4n) is 1.53. The molecule has 3 N–H and O–H groups in total. The molecular weight excluding hydrogens is 230 g/mol. The highest BCUT2D eigenvalue weighted by atomic mass is 32.1. The van der Waals surface area contributed by atoms with Gasteiger partial charge in [-0.1, -0.05) is 20.8 Å². The molecule has 0 spiro atoms. The zero-order valence-electron chi connectivity index (χ0n) is 10.7. The maximum Gasteiger partial charge on any atom is 0.106 e. The molecule has 1 unspecified atom stereocenters. The van der Waals surface area contributed by atoms with Crippen LogP contribution in [0.15, 0.2) is 17.6 Å². The molecule has 1 aromatic carbocycles. The Morgan fingerprint density at radius 3 is 2.71 bits per heavy atom. The molecule has 92 valence electrons. The second-order valence-corrected chi connectivity index (χ2v) is 6.34. The van der Waals surface area contributed by atoms with Crippen molar-refractivity contribution in [3.63, 3.8) is 0 Å². The van der Waals surface area contributed by atoms with Crippen molar-refractivity contribution in [2.45, 2.75) is 33.7 Å². The van der Waals surface area contributed by atoms with Crippen molar-refractivity contribution in [3.8, 4) is 0 Å². The second-order valence-electron chi connectivity index (χ2n) is 5.46. The summed E-state index contributed by atoms with van der Waals surface area (Å²) in [7, 11) is 0. The van der Waals surface area contributed by atoms with E-state index in [9.17, 15) is 0 Å². The van der Waals surface area contributed by atoms with E-state index in [1.165, 1.54) is 0 Å². The van der Waals surface area contributed by atoms with E-state index in [4.69, 9.17) is 5.73 Å². The minimum Gasteiger partial charge on any atom is -0.395 e. The molecule has 0 bridgehead atoms. The Morgan fingerprint density at radius 1 is 1.35 bits per heavy atom. The molecule has 2 aromatic rings. The third-order valence-electron chi connectivity index (χ3n) is 3.21. The van der Waals surface area contributed by atoms with E-state index in [1.807, 2.05) is 11.6 Å². The number of aromatic nitrogens is 1. The molecule has 0 saturated heterocycles. The Morgan fingerprint density at radius 2 is 2.06 bits per heavy atom. The summed E-state index contributed by atoms with van der Waals surface area (Å²) in [5.41, 5.74) is 10.8. The van der Waals surface area contributed by atoms with Crippen LogP contribution in [-0.2, 0) is 0 Å². The van der Waals surface area contributed by atoms with Crippen LogP contribution in [0, 0.1) is 5.41 Å². The van der Waals surface area contributed by atoms with E-state index in [0.29, 0.717) is 6.04 Å². The normalized spacial score (nSPS) is 13.9. The molecule has 1 aromatic heterocycles. The number of nitrogens with zero attached hydrogens (tertiary/aromatic N) is 1. The lowest BCUT2D eigenvalue weighted by molar-refractivity contribution is 0.359. The van der Waals surface area contributed by atoms with Crippen molar-refractivity contribution in [2.75, 3.05) is 11.1 Å². The Balaban J connectivity index is 2.33. The van der Waals surface area contributed by atoms with Crippen LogP contribution in [0.5, 0.6) is 0 Å². The van der Waals surface area contributed by atoms with Crippen molar-refractivity contribution in [1.29, 1.82) is 0 Å². The van der Waals surface area contributed by atoms with Gasteiger partial charge in [0, 0.05) is 6.04 Å². The van der Waals surface area contributed by atoms with Gasteiger partial charge >= 0.3 is 0 Å². The number of hydrogen-bond donors (Lipinski definition) is 2. The van der Waals surface area contributed by atoms with Gasteiger partial charge in [-0.05, 0) is 24.5 Å². The maximum absolute atomic E-state index is 6.14. The lowest BCUT2D eigenvalue weighted by atomic mass is 9.88. The van der Waals surface area contributed by atoms with E-state index < -0.39 is 0 Å². The Kier molecular flexibility index (Phi) is 3.00. The number of rotatable bonds is 2. The van der Waals surface area contributed by atoms with Crippen LogP contribution in [0.3, 0.4) is 0 Å². The quantitative estimate of drug-likeness (QED) is 0.797. The highest BCUT2D eigenvalue weighted by molar-refractivity contribution is 7.16. The van der Waals surface area contributed by atoms with Crippen LogP contribution in [0.4, 0.5) is 11.4 Å². The van der Waals surface area contributed by atoms with E-state index in [2.05, 4.69) is 44.1 Å². The summed E-state index contributed by atoms with van der Waals surface area (Å²) in [6.45, 7) is 8.80. The van der Waals surface area contributed by atoms with Gasteiger partial charge in [-0.3, -0.25) is 0 Å². The van der Waals surface area contributed by atoms with Gasteiger partial charge in [0.25, 0.3) is 0 Å². The van der Waals surface area contributed by atoms with E-state index in [0.717, 1.165) is 21.6 Å². The second kappa shape index (κ2) is 4.18. The standard InChI is InChI=1S/C13H19N3S/c1-8(13(2,3)4)16-9-5-6-10-12(11(9)14)15-7-17-10/h5-8,16H,14H2,1-4H3. The molecule has 17 heavy (non-hydrogen) atoms. The molecule has 0 aliphatic rings. The average Bonchev–Trinajstić information content (AvgIpc) is 2.69. The van der Waals surface area contributed by atoms with Gasteiger partial charge in [0.15, 0.2) is 0 Å². The molecule has 0 amide bonds. The first-order chi connectivity index (χ1) is 7.89. The molecule has 4 heteroatoms. The smallest absolute Gasteiger partial charge is 0.106 e. The Labute approximate surface area is 106 Å². The van der Waals surface area contributed by atoms with Gasteiger partial charge in [-0.25, -0.2) is 4.98 Å². The first kappa shape index (κ1) is 12.2. The number of hydrogen-bond acceptors (Lipinski definition) is 4. The SMILES string of the molecule is CC(Nc1ccc2scnc2c1N)C(C)(C)C. The first-order valence-electron chi connectivity index (χ1n) is 5.78. The largest absolute Gasteiger partial charge is 0.395 e. The first-order valence-corrected chi connectivity index (χ1v) is 6.66. The third-order valence-corrected chi connectivity index (χ3v) is 4.01. The van der Waals surface area contributed by atoms with Gasteiger partial charge in [-0.2, -0.15) is 0 Å². The number of benzene rings is 1. The molecule has 1 heterocycles. The van der Waals surface area contributed by atoms with Gasteiger partial charge in [0.1, 0.15) is 5.52 Å². The van der Waals surface area contributed by atoms with Gasteiger partial charge < -0.3 is 11.1 Å². The number of nitrogen functional groups attached to an aromatic ring is 1. The highest BCUT2D eigenvalue weighted by Gasteiger charge is 2.20. The lowest BCUT2D eigenvalue weighted by Gasteiger charge is -2.29. The summed E-state index contributed by atoms with van der Waals surface area (Å²) < 4.78 is 1.14. The molecule has 0 saturated carbocycles. The number of anilines is 2. The van der Waals surface area contributed by atoms with Crippen molar-refractivity contribution in [2.24, 2.45) is 5.41 Å². The molecule has 2 rings (SSSR count). The number of nitrogens with one attached hydrogen (secondary N) is 1. The van der Waals surface area contributed by atoms with E-state index in [-0.39, 0.29) is 5.41 Å². The summed E-state index contributed by atoms with van der Waals surface area (Å²) >= 11 is 1.62. The van der Waals surface area contributed by atoms with Crippen LogP contribution in [-0.4, -0.2) is 11.0 Å². The summed E-state index contributed by atoms with van der Waals surface area (Å²) in [5, 5.41) is 3.47. The van der Waals surface area contributed by atoms with Gasteiger partial charge in [0.05, 0.1) is 21.6 Å².